The summed E-state index contributed by atoms with van der Waals surface area (Å²) in [4.78, 5) is 29.0. The summed E-state index contributed by atoms with van der Waals surface area (Å²) in [6.45, 7) is 5.77. The van der Waals surface area contributed by atoms with Crippen molar-refractivity contribution in [3.8, 4) is 5.75 Å². The number of para-hydroxylation sites is 3. The minimum Gasteiger partial charge on any atom is -0.489 e. The molecule has 0 spiro atoms. The molecule has 0 aliphatic carbocycles. The number of hydrogen-bond donors (Lipinski definition) is 1. The van der Waals surface area contributed by atoms with Crippen LogP contribution in [0.5, 0.6) is 5.75 Å². The number of hydrogen-bond acceptors (Lipinski definition) is 5. The number of nitrogens with one attached hydrogen (secondary N) is 1. The number of aryl methyl sites for hydroxylation is 1. The normalized spacial score (nSPS) is 14.1. The summed E-state index contributed by atoms with van der Waals surface area (Å²) in [7, 11) is 0. The molecule has 1 aliphatic heterocycles. The lowest BCUT2D eigenvalue weighted by molar-refractivity contribution is -0.120. The number of anilines is 2. The summed E-state index contributed by atoms with van der Waals surface area (Å²) in [6.07, 6.45) is -0.0896. The summed E-state index contributed by atoms with van der Waals surface area (Å²) < 4.78 is 5.87. The van der Waals surface area contributed by atoms with E-state index in [0.29, 0.717) is 17.0 Å². The van der Waals surface area contributed by atoms with Crippen LogP contribution in [-0.2, 0) is 9.59 Å². The van der Waals surface area contributed by atoms with Gasteiger partial charge in [0.1, 0.15) is 11.4 Å². The Morgan fingerprint density at radius 3 is 2.37 bits per heavy atom. The minimum atomic E-state index is -0.397. The number of thiophene rings is 1. The van der Waals surface area contributed by atoms with E-state index >= 15 is 0 Å². The van der Waals surface area contributed by atoms with E-state index in [-0.39, 0.29) is 17.7 Å². The average molecular weight is 419 g/mol. The first kappa shape index (κ1) is 19.9. The van der Waals surface area contributed by atoms with E-state index in [1.807, 2.05) is 68.6 Å². The number of ether oxygens (including phenoxy) is 1. The van der Waals surface area contributed by atoms with Gasteiger partial charge in [0.25, 0.3) is 11.8 Å². The number of rotatable bonds is 6. The highest BCUT2D eigenvalue weighted by Crippen LogP contribution is 2.39. The van der Waals surface area contributed by atoms with Crippen LogP contribution in [0.4, 0.5) is 11.4 Å². The van der Waals surface area contributed by atoms with Crippen LogP contribution in [0.25, 0.3) is 5.57 Å². The molecule has 2 heterocycles. The van der Waals surface area contributed by atoms with Crippen LogP contribution in [0.3, 0.4) is 0 Å². The standard InChI is InChI=1S/C24H22N2O3S/c1-15(2)29-19-12-7-6-11-18(19)26-23(27)21(20-13-8-14-30-20)22(24(26)28)25-17-10-5-4-9-16(17)3/h4-15,25H,1-3H3. The van der Waals surface area contributed by atoms with Gasteiger partial charge in [0.05, 0.1) is 17.4 Å². The van der Waals surface area contributed by atoms with Crippen LogP contribution in [-0.4, -0.2) is 17.9 Å². The molecule has 2 aromatic carbocycles. The third-order valence-corrected chi connectivity index (χ3v) is 5.61. The van der Waals surface area contributed by atoms with E-state index in [9.17, 15) is 9.59 Å². The first-order chi connectivity index (χ1) is 14.5. The molecule has 6 heteroatoms. The van der Waals surface area contributed by atoms with E-state index in [1.165, 1.54) is 16.2 Å². The van der Waals surface area contributed by atoms with Gasteiger partial charge in [-0.15, -0.1) is 11.3 Å². The maximum atomic E-state index is 13.5. The fourth-order valence-corrected chi connectivity index (χ4v) is 4.13. The Morgan fingerprint density at radius 2 is 1.67 bits per heavy atom. The highest BCUT2D eigenvalue weighted by atomic mass is 32.1. The Bertz CT molecular complexity index is 1130. The van der Waals surface area contributed by atoms with Crippen LogP contribution in [0.15, 0.2) is 71.7 Å². The summed E-state index contributed by atoms with van der Waals surface area (Å²) in [6, 6.07) is 18.5. The number of carbonyl (C=O) groups excluding carboxylic acids is 2. The summed E-state index contributed by atoms with van der Waals surface area (Å²) >= 11 is 1.43. The molecule has 0 fully saturated rings. The molecule has 0 unspecified atom stereocenters. The smallest absolute Gasteiger partial charge is 0.282 e. The molecule has 3 aromatic rings. The van der Waals surface area contributed by atoms with Crippen molar-refractivity contribution < 1.29 is 14.3 Å². The Kier molecular flexibility index (Phi) is 5.42. The number of carbonyl (C=O) groups is 2. The van der Waals surface area contributed by atoms with Crippen molar-refractivity contribution in [2.45, 2.75) is 26.9 Å². The summed E-state index contributed by atoms with van der Waals surface area (Å²) in [5, 5.41) is 5.11. The summed E-state index contributed by atoms with van der Waals surface area (Å²) in [5.41, 5.74) is 2.86. The van der Waals surface area contributed by atoms with E-state index < -0.39 is 5.91 Å². The molecule has 4 rings (SSSR count). The Labute approximate surface area is 179 Å². The Morgan fingerprint density at radius 1 is 0.933 bits per heavy atom. The second-order valence-electron chi connectivity index (χ2n) is 7.25. The van der Waals surface area contributed by atoms with Crippen LogP contribution >= 0.6 is 11.3 Å². The highest BCUT2D eigenvalue weighted by molar-refractivity contribution is 7.11. The monoisotopic (exact) mass is 418 g/mol. The molecule has 0 atom stereocenters. The number of benzene rings is 2. The molecule has 0 saturated heterocycles. The molecule has 2 amide bonds. The van der Waals surface area contributed by atoms with Gasteiger partial charge in [0.15, 0.2) is 0 Å². The summed E-state index contributed by atoms with van der Waals surface area (Å²) in [5.74, 6) is -0.262. The third kappa shape index (κ3) is 3.62. The van der Waals surface area contributed by atoms with Crippen molar-refractivity contribution in [3.05, 3.63) is 82.2 Å². The molecule has 30 heavy (non-hydrogen) atoms. The number of amides is 2. The van der Waals surface area contributed by atoms with Crippen molar-refractivity contribution in [1.82, 2.24) is 0 Å². The zero-order valence-electron chi connectivity index (χ0n) is 17.0. The van der Waals surface area contributed by atoms with Crippen molar-refractivity contribution in [2.75, 3.05) is 10.2 Å². The maximum Gasteiger partial charge on any atom is 0.282 e. The van der Waals surface area contributed by atoms with Gasteiger partial charge in [-0.2, -0.15) is 0 Å². The third-order valence-electron chi connectivity index (χ3n) is 4.73. The molecule has 1 aromatic heterocycles. The number of nitrogens with zero attached hydrogens (tertiary/aromatic N) is 1. The predicted octanol–water partition coefficient (Wildman–Crippen LogP) is 5.24. The Hall–Kier alpha value is -3.38. The molecule has 0 radical (unpaired) electrons. The first-order valence-corrected chi connectivity index (χ1v) is 10.6. The van der Waals surface area contributed by atoms with Crippen LogP contribution in [0.1, 0.15) is 24.3 Å². The fraction of sp³-hybridized carbons (Fsp3) is 0.167. The highest BCUT2D eigenvalue weighted by Gasteiger charge is 2.42. The van der Waals surface area contributed by atoms with E-state index in [0.717, 1.165) is 16.1 Å². The van der Waals surface area contributed by atoms with E-state index in [4.69, 9.17) is 4.74 Å². The van der Waals surface area contributed by atoms with Crippen LogP contribution in [0, 0.1) is 6.92 Å². The SMILES string of the molecule is Cc1ccccc1NC1=C(c2cccs2)C(=O)N(c2ccccc2OC(C)C)C1=O. The van der Waals surface area contributed by atoms with Crippen molar-refractivity contribution in [1.29, 1.82) is 0 Å². The van der Waals surface area contributed by atoms with Gasteiger partial charge in [0, 0.05) is 10.6 Å². The molecule has 0 bridgehead atoms. The van der Waals surface area contributed by atoms with Crippen LogP contribution in [0.2, 0.25) is 0 Å². The second kappa shape index (κ2) is 8.16. The molecule has 152 valence electrons. The lowest BCUT2D eigenvalue weighted by atomic mass is 10.1. The topological polar surface area (TPSA) is 58.6 Å². The lowest BCUT2D eigenvalue weighted by Gasteiger charge is -2.20. The van der Waals surface area contributed by atoms with Gasteiger partial charge in [-0.05, 0) is 56.0 Å². The zero-order valence-corrected chi connectivity index (χ0v) is 17.8. The minimum absolute atomic E-state index is 0.0896. The van der Waals surface area contributed by atoms with Gasteiger partial charge in [-0.1, -0.05) is 36.4 Å². The number of imide groups is 1. The van der Waals surface area contributed by atoms with E-state index in [2.05, 4.69) is 5.32 Å². The average Bonchev–Trinajstić information content (AvgIpc) is 3.31. The molecule has 1 aliphatic rings. The largest absolute Gasteiger partial charge is 0.489 e. The lowest BCUT2D eigenvalue weighted by Crippen LogP contribution is -2.33. The van der Waals surface area contributed by atoms with Crippen molar-refractivity contribution >= 4 is 40.1 Å². The predicted molar refractivity (Wildman–Crippen MR) is 121 cm³/mol. The van der Waals surface area contributed by atoms with Gasteiger partial charge >= 0.3 is 0 Å². The van der Waals surface area contributed by atoms with Crippen molar-refractivity contribution in [2.24, 2.45) is 0 Å². The molecular weight excluding hydrogens is 396 g/mol. The first-order valence-electron chi connectivity index (χ1n) is 9.72. The second-order valence-corrected chi connectivity index (χ2v) is 8.19. The Balaban J connectivity index is 1.81. The van der Waals surface area contributed by atoms with Crippen LogP contribution < -0.4 is 15.0 Å². The molecule has 1 N–H and O–H groups in total. The van der Waals surface area contributed by atoms with Gasteiger partial charge in [-0.3, -0.25) is 9.59 Å². The fourth-order valence-electron chi connectivity index (χ4n) is 3.36. The van der Waals surface area contributed by atoms with Crippen molar-refractivity contribution in [3.63, 3.8) is 0 Å². The van der Waals surface area contributed by atoms with E-state index in [1.54, 1.807) is 18.2 Å². The van der Waals surface area contributed by atoms with Gasteiger partial charge in [-0.25, -0.2) is 4.90 Å². The zero-order chi connectivity index (χ0) is 21.3. The van der Waals surface area contributed by atoms with Gasteiger partial charge < -0.3 is 10.1 Å². The quantitative estimate of drug-likeness (QED) is 0.556. The van der Waals surface area contributed by atoms with Gasteiger partial charge in [0.2, 0.25) is 0 Å². The molecular formula is C24H22N2O3S. The maximum absolute atomic E-state index is 13.5. The molecule has 5 nitrogen and oxygen atoms in total. The molecule has 0 saturated carbocycles.